The molecule has 0 radical (unpaired) electrons. The number of benzene rings is 4. The number of rotatable bonds is 11. The van der Waals surface area contributed by atoms with Gasteiger partial charge in [0.2, 0.25) is 5.91 Å². The van der Waals surface area contributed by atoms with Gasteiger partial charge in [-0.3, -0.25) is 14.5 Å². The third-order valence-corrected chi connectivity index (χ3v) is 11.9. The zero-order valence-corrected chi connectivity index (χ0v) is 30.8. The molecule has 4 aliphatic rings. The van der Waals surface area contributed by atoms with Crippen molar-refractivity contribution >= 4 is 17.5 Å². The van der Waals surface area contributed by atoms with Gasteiger partial charge in [-0.15, -0.1) is 0 Å². The van der Waals surface area contributed by atoms with Crippen LogP contribution in [0.4, 0.5) is 10.1 Å². The number of piperidine rings is 1. The summed E-state index contributed by atoms with van der Waals surface area (Å²) >= 11 is 0. The fraction of sp³-hybridized carbons (Fsp3) is 0.378. The summed E-state index contributed by atoms with van der Waals surface area (Å²) in [6.07, 6.45) is 6.24. The predicted octanol–water partition coefficient (Wildman–Crippen LogP) is 7.51. The molecule has 2 amide bonds. The lowest BCUT2D eigenvalue weighted by molar-refractivity contribution is -0.126. The van der Waals surface area contributed by atoms with Crippen molar-refractivity contribution in [3.05, 3.63) is 136 Å². The lowest BCUT2D eigenvalue weighted by Crippen LogP contribution is -2.49. The first-order valence-corrected chi connectivity index (χ1v) is 19.5. The van der Waals surface area contributed by atoms with E-state index in [2.05, 4.69) is 70.2 Å². The molecule has 0 aromatic heterocycles. The van der Waals surface area contributed by atoms with Gasteiger partial charge in [-0.25, -0.2) is 4.39 Å². The second kappa shape index (κ2) is 15.7. The largest absolute Gasteiger partial charge is 0.505 e. The van der Waals surface area contributed by atoms with E-state index in [1.807, 2.05) is 24.3 Å². The van der Waals surface area contributed by atoms with Gasteiger partial charge in [-0.1, -0.05) is 49.0 Å². The molecular formula is C45H49FN4O4. The van der Waals surface area contributed by atoms with E-state index in [1.165, 1.54) is 11.6 Å². The van der Waals surface area contributed by atoms with E-state index in [-0.39, 0.29) is 29.4 Å². The summed E-state index contributed by atoms with van der Waals surface area (Å²) in [4.78, 5) is 32.4. The van der Waals surface area contributed by atoms with Gasteiger partial charge in [0.15, 0.2) is 11.6 Å². The average Bonchev–Trinajstić information content (AvgIpc) is 3.52. The second-order valence-corrected chi connectivity index (χ2v) is 15.3. The number of fused-ring (bicyclic) bond motifs is 2. The fourth-order valence-corrected chi connectivity index (χ4v) is 8.93. The van der Waals surface area contributed by atoms with Crippen LogP contribution < -0.4 is 15.0 Å². The van der Waals surface area contributed by atoms with Gasteiger partial charge in [-0.05, 0) is 128 Å². The van der Waals surface area contributed by atoms with Crippen molar-refractivity contribution in [1.29, 1.82) is 0 Å². The van der Waals surface area contributed by atoms with E-state index in [1.54, 1.807) is 11.0 Å². The highest BCUT2D eigenvalue weighted by atomic mass is 19.1. The highest BCUT2D eigenvalue weighted by Crippen LogP contribution is 2.47. The number of aryl methyl sites for hydroxylation is 1. The summed E-state index contributed by atoms with van der Waals surface area (Å²) in [5.74, 6) is 0.00597. The minimum Gasteiger partial charge on any atom is -0.505 e. The maximum absolute atomic E-state index is 14.6. The Kier molecular flexibility index (Phi) is 10.4. The smallest absolute Gasteiger partial charge is 0.255 e. The van der Waals surface area contributed by atoms with Gasteiger partial charge in [0.1, 0.15) is 11.8 Å². The van der Waals surface area contributed by atoms with Crippen LogP contribution in [0.25, 0.3) is 0 Å². The molecule has 2 saturated heterocycles. The number of allylic oxidation sites excluding steroid dienone is 1. The second-order valence-electron chi connectivity index (χ2n) is 15.3. The highest BCUT2D eigenvalue weighted by Gasteiger charge is 2.38. The maximum atomic E-state index is 14.6. The number of nitrogens with zero attached hydrogens (tertiary/aromatic N) is 3. The zero-order valence-electron chi connectivity index (χ0n) is 30.8. The van der Waals surface area contributed by atoms with Crippen LogP contribution in [0.15, 0.2) is 97.2 Å². The van der Waals surface area contributed by atoms with Crippen LogP contribution in [-0.4, -0.2) is 72.1 Å². The van der Waals surface area contributed by atoms with Crippen LogP contribution in [0.2, 0.25) is 0 Å². The molecule has 0 saturated carbocycles. The Labute approximate surface area is 317 Å². The normalized spacial score (nSPS) is 21.5. The van der Waals surface area contributed by atoms with Crippen molar-refractivity contribution in [3.8, 4) is 11.5 Å². The van der Waals surface area contributed by atoms with Crippen LogP contribution in [-0.2, 0) is 17.8 Å². The third kappa shape index (κ3) is 7.47. The van der Waals surface area contributed by atoms with Crippen molar-refractivity contribution in [3.63, 3.8) is 0 Å². The molecule has 3 aliphatic heterocycles. The number of halogens is 1. The zero-order chi connectivity index (χ0) is 37.2. The molecule has 54 heavy (non-hydrogen) atoms. The summed E-state index contributed by atoms with van der Waals surface area (Å²) in [6, 6.07) is 27.6. The number of carbonyl (C=O) groups is 2. The van der Waals surface area contributed by atoms with Crippen molar-refractivity contribution in [2.45, 2.75) is 69.4 Å². The van der Waals surface area contributed by atoms with Crippen LogP contribution in [0.3, 0.4) is 0 Å². The van der Waals surface area contributed by atoms with Gasteiger partial charge < -0.3 is 25.0 Å². The number of nitrogens with one attached hydrogen (secondary N) is 1. The summed E-state index contributed by atoms with van der Waals surface area (Å²) in [5.41, 5.74) is 7.90. The Hall–Kier alpha value is -5.15. The van der Waals surface area contributed by atoms with Crippen LogP contribution in [0, 0.1) is 5.82 Å². The van der Waals surface area contributed by atoms with Gasteiger partial charge in [-0.2, -0.15) is 0 Å². The molecule has 8 rings (SSSR count). The van der Waals surface area contributed by atoms with E-state index >= 15 is 0 Å². The summed E-state index contributed by atoms with van der Waals surface area (Å²) in [5, 5.41) is 12.9. The number of phenolic OH excluding ortho intramolecular Hbond substituents is 1. The number of piperazine rings is 1. The Balaban J connectivity index is 0.781. The number of hydrogen-bond donors (Lipinski definition) is 2. The molecule has 3 atom stereocenters. The number of aromatic hydroxyl groups is 1. The van der Waals surface area contributed by atoms with Crippen LogP contribution in [0.5, 0.6) is 11.5 Å². The molecule has 8 nitrogen and oxygen atoms in total. The molecule has 280 valence electrons. The quantitative estimate of drug-likeness (QED) is 0.156. The molecule has 4 aromatic carbocycles. The van der Waals surface area contributed by atoms with Crippen LogP contribution >= 0.6 is 0 Å². The first-order chi connectivity index (χ1) is 26.3. The lowest BCUT2D eigenvalue weighted by Gasteiger charge is -2.36. The fourth-order valence-electron chi connectivity index (χ4n) is 8.93. The van der Waals surface area contributed by atoms with Crippen molar-refractivity contribution in [2.75, 3.05) is 44.2 Å². The number of amides is 2. The topological polar surface area (TPSA) is 85.4 Å². The van der Waals surface area contributed by atoms with Crippen molar-refractivity contribution < 1.29 is 23.8 Å². The van der Waals surface area contributed by atoms with E-state index in [0.29, 0.717) is 31.6 Å². The molecule has 2 fully saturated rings. The van der Waals surface area contributed by atoms with Crippen molar-refractivity contribution in [1.82, 2.24) is 15.1 Å². The number of hydrogen-bond acceptors (Lipinski definition) is 6. The molecule has 1 unspecified atom stereocenters. The number of ether oxygens (including phenoxy) is 1. The number of unbranched alkanes of at least 4 members (excludes halogenated alkanes) is 2. The van der Waals surface area contributed by atoms with Gasteiger partial charge >= 0.3 is 0 Å². The molecule has 3 heterocycles. The van der Waals surface area contributed by atoms with E-state index in [9.17, 15) is 19.1 Å². The maximum Gasteiger partial charge on any atom is 0.255 e. The van der Waals surface area contributed by atoms with Gasteiger partial charge in [0, 0.05) is 55.6 Å². The van der Waals surface area contributed by atoms with Crippen LogP contribution in [0.1, 0.15) is 88.5 Å². The van der Waals surface area contributed by atoms with Crippen molar-refractivity contribution in [2.24, 2.45) is 0 Å². The lowest BCUT2D eigenvalue weighted by atomic mass is 9.69. The number of anilines is 1. The summed E-state index contributed by atoms with van der Waals surface area (Å²) < 4.78 is 20.8. The Morgan fingerprint density at radius 2 is 1.63 bits per heavy atom. The highest BCUT2D eigenvalue weighted by molar-refractivity contribution is 6.01. The Bertz CT molecular complexity index is 2010. The summed E-state index contributed by atoms with van der Waals surface area (Å²) in [6.45, 7) is 9.95. The third-order valence-electron chi connectivity index (χ3n) is 11.9. The minimum atomic E-state index is -0.572. The summed E-state index contributed by atoms with van der Waals surface area (Å²) in [7, 11) is 0. The molecule has 4 aromatic rings. The Morgan fingerprint density at radius 3 is 2.41 bits per heavy atom. The predicted molar refractivity (Wildman–Crippen MR) is 208 cm³/mol. The Morgan fingerprint density at radius 1 is 0.833 bits per heavy atom. The SMILES string of the molecule is C=C1CCC(N2Cc3cc(N4CCN(CCCCCOc5ccc([C@@H]6c7cc(F)c(O)cc7CC[C@@H]6c6ccccc6)cc5)CC4)ccc3C2=O)C(=O)N1. The average molecular weight is 729 g/mol. The molecule has 1 aliphatic carbocycles. The van der Waals surface area contributed by atoms with Gasteiger partial charge in [0.25, 0.3) is 5.91 Å². The molecule has 9 heteroatoms. The van der Waals surface area contributed by atoms with E-state index in [0.717, 1.165) is 104 Å². The number of phenols is 1. The molecule has 0 bridgehead atoms. The monoisotopic (exact) mass is 728 g/mol. The molecular weight excluding hydrogens is 680 g/mol. The number of carbonyl (C=O) groups excluding carboxylic acids is 2. The molecule has 0 spiro atoms. The first kappa shape index (κ1) is 35.9. The molecule has 2 N–H and O–H groups in total. The standard InChI is InChI=1S/C45H49FN4O4/c1-30-10-19-41(44(52)47-30)50-29-34-26-35(14-18-38(34)45(50)53)49-23-21-48(22-24-49)20-6-3-7-25-54-36-15-11-32(12-16-36)43-37(31-8-4-2-5-9-31)17-13-33-27-42(51)40(46)28-39(33)43/h2,4-5,8-9,11-12,14-16,18,26-28,37,41,43,51H,1,3,6-7,10,13,17,19-25,29H2,(H,47,52)/t37-,41?,43+/m1/s1. The minimum absolute atomic E-state index is 0.00835. The van der Waals surface area contributed by atoms with E-state index in [4.69, 9.17) is 4.74 Å². The van der Waals surface area contributed by atoms with Gasteiger partial charge in [0.05, 0.1) is 6.61 Å². The first-order valence-electron chi connectivity index (χ1n) is 19.5. The van der Waals surface area contributed by atoms with E-state index < -0.39 is 11.9 Å².